The van der Waals surface area contributed by atoms with Gasteiger partial charge in [0.2, 0.25) is 0 Å². The highest BCUT2D eigenvalue weighted by Gasteiger charge is 2.24. The molecule has 0 bridgehead atoms. The molecule has 0 aliphatic carbocycles. The van der Waals surface area contributed by atoms with Crippen LogP contribution < -0.4 is 14.4 Å². The molecule has 0 amide bonds. The molecular formula is C21H26N2O5S. The van der Waals surface area contributed by atoms with Gasteiger partial charge in [0.05, 0.1) is 25.5 Å². The van der Waals surface area contributed by atoms with Gasteiger partial charge in [-0.1, -0.05) is 12.1 Å². The molecule has 1 heterocycles. The zero-order valence-corrected chi connectivity index (χ0v) is 17.7. The molecule has 1 unspecified atom stereocenters. The number of benzene rings is 2. The lowest BCUT2D eigenvalue weighted by atomic mass is 10.1. The van der Waals surface area contributed by atoms with Crippen molar-refractivity contribution in [3.8, 4) is 11.5 Å². The number of aryl methyl sites for hydroxylation is 1. The molecule has 8 heteroatoms. The molecule has 0 aromatic heterocycles. The third-order valence-electron chi connectivity index (χ3n) is 5.00. The number of carboxylic acids is 1. The van der Waals surface area contributed by atoms with E-state index in [1.54, 1.807) is 26.4 Å². The monoisotopic (exact) mass is 418 g/mol. The second-order valence-corrected chi connectivity index (χ2v) is 8.33. The molecule has 29 heavy (non-hydrogen) atoms. The number of rotatable bonds is 7. The van der Waals surface area contributed by atoms with Crippen LogP contribution in [0.5, 0.6) is 11.5 Å². The summed E-state index contributed by atoms with van der Waals surface area (Å²) in [6, 6.07) is 11.2. The summed E-state index contributed by atoms with van der Waals surface area (Å²) >= 11 is 0. The van der Waals surface area contributed by atoms with Crippen LogP contribution in [0.15, 0.2) is 41.3 Å². The normalized spacial score (nSPS) is 15.8. The van der Waals surface area contributed by atoms with Crippen LogP contribution >= 0.6 is 0 Å². The largest absolute Gasteiger partial charge is 0.493 e. The zero-order chi connectivity index (χ0) is 21.0. The van der Waals surface area contributed by atoms with E-state index in [1.807, 2.05) is 35.5 Å². The summed E-state index contributed by atoms with van der Waals surface area (Å²) in [6.07, 6.45) is -0.0719. The van der Waals surface area contributed by atoms with Crippen molar-refractivity contribution in [2.75, 3.05) is 45.3 Å². The van der Waals surface area contributed by atoms with Crippen LogP contribution in [0.3, 0.4) is 0 Å². The van der Waals surface area contributed by atoms with Crippen molar-refractivity contribution in [2.45, 2.75) is 18.2 Å². The molecule has 1 atom stereocenters. The van der Waals surface area contributed by atoms with E-state index in [9.17, 15) is 9.00 Å². The maximum Gasteiger partial charge on any atom is 0.307 e. The van der Waals surface area contributed by atoms with E-state index >= 15 is 0 Å². The molecule has 0 radical (unpaired) electrons. The first-order valence-corrected chi connectivity index (χ1v) is 10.5. The summed E-state index contributed by atoms with van der Waals surface area (Å²) in [5.74, 6) is 0.476. The van der Waals surface area contributed by atoms with Crippen LogP contribution in [0.4, 0.5) is 5.69 Å². The Bertz CT molecular complexity index is 910. The lowest BCUT2D eigenvalue weighted by molar-refractivity contribution is -0.136. The van der Waals surface area contributed by atoms with Crippen molar-refractivity contribution >= 4 is 22.6 Å². The maximum absolute atomic E-state index is 13.1. The molecule has 1 fully saturated rings. The minimum absolute atomic E-state index is 0.0719. The number of carbonyl (C=O) groups is 1. The third kappa shape index (κ3) is 4.89. The summed E-state index contributed by atoms with van der Waals surface area (Å²) in [5, 5.41) is 9.01. The highest BCUT2D eigenvalue weighted by Crippen LogP contribution is 2.32. The molecule has 0 saturated carbocycles. The zero-order valence-electron chi connectivity index (χ0n) is 16.9. The van der Waals surface area contributed by atoms with Gasteiger partial charge >= 0.3 is 5.97 Å². The molecule has 1 aliphatic rings. The van der Waals surface area contributed by atoms with Gasteiger partial charge in [-0.15, -0.1) is 0 Å². The van der Waals surface area contributed by atoms with E-state index in [-0.39, 0.29) is 6.42 Å². The van der Waals surface area contributed by atoms with Gasteiger partial charge in [0, 0.05) is 37.9 Å². The van der Waals surface area contributed by atoms with E-state index in [1.165, 1.54) is 0 Å². The number of carboxylic acid groups (broad SMARTS) is 1. The number of nitrogens with zero attached hydrogens (tertiary/aromatic N) is 2. The number of methoxy groups -OCH3 is 2. The van der Waals surface area contributed by atoms with Crippen LogP contribution in [0.2, 0.25) is 0 Å². The molecule has 0 spiro atoms. The van der Waals surface area contributed by atoms with Gasteiger partial charge in [-0.25, -0.2) is 8.51 Å². The summed E-state index contributed by atoms with van der Waals surface area (Å²) < 4.78 is 25.7. The topological polar surface area (TPSA) is 79.3 Å². The van der Waals surface area contributed by atoms with E-state index in [0.29, 0.717) is 35.0 Å². The van der Waals surface area contributed by atoms with E-state index in [0.717, 1.165) is 24.3 Å². The Morgan fingerprint density at radius 1 is 1.03 bits per heavy atom. The minimum atomic E-state index is -1.32. The summed E-state index contributed by atoms with van der Waals surface area (Å²) in [4.78, 5) is 13.9. The molecule has 1 saturated heterocycles. The molecule has 2 aromatic rings. The number of hydrogen-bond donors (Lipinski definition) is 1. The number of hydrogen-bond acceptors (Lipinski definition) is 5. The third-order valence-corrected chi connectivity index (χ3v) is 6.65. The molecule has 1 N–H and O–H groups in total. The second-order valence-electron chi connectivity index (χ2n) is 6.87. The summed E-state index contributed by atoms with van der Waals surface area (Å²) in [7, 11) is 1.90. The van der Waals surface area contributed by atoms with Crippen LogP contribution in [0, 0.1) is 6.92 Å². The highest BCUT2D eigenvalue weighted by molar-refractivity contribution is 7.82. The van der Waals surface area contributed by atoms with Gasteiger partial charge in [0.25, 0.3) is 0 Å². The summed E-state index contributed by atoms with van der Waals surface area (Å²) in [6.45, 7) is 4.65. The van der Waals surface area contributed by atoms with Crippen LogP contribution in [-0.2, 0) is 22.2 Å². The fraction of sp³-hybridized carbons (Fsp3) is 0.381. The van der Waals surface area contributed by atoms with Gasteiger partial charge in [-0.2, -0.15) is 0 Å². The quantitative estimate of drug-likeness (QED) is 0.744. The second kappa shape index (κ2) is 9.28. The summed E-state index contributed by atoms with van der Waals surface area (Å²) in [5.41, 5.74) is 2.60. The van der Waals surface area contributed by atoms with Crippen LogP contribution in [0.1, 0.15) is 11.1 Å². The predicted molar refractivity (Wildman–Crippen MR) is 112 cm³/mol. The molecule has 2 aromatic carbocycles. The average Bonchev–Trinajstić information content (AvgIpc) is 2.74. The van der Waals surface area contributed by atoms with E-state index in [4.69, 9.17) is 14.6 Å². The first-order valence-electron chi connectivity index (χ1n) is 9.38. The van der Waals surface area contributed by atoms with Crippen LogP contribution in [-0.4, -0.2) is 60.0 Å². The van der Waals surface area contributed by atoms with Crippen molar-refractivity contribution < 1.29 is 23.6 Å². The molecule has 7 nitrogen and oxygen atoms in total. The Hall–Kier alpha value is -2.58. The Morgan fingerprint density at radius 3 is 2.34 bits per heavy atom. The van der Waals surface area contributed by atoms with Gasteiger partial charge in [0.1, 0.15) is 11.0 Å². The lowest BCUT2D eigenvalue weighted by Gasteiger charge is -2.35. The lowest BCUT2D eigenvalue weighted by Crippen LogP contribution is -2.47. The van der Waals surface area contributed by atoms with E-state index < -0.39 is 17.0 Å². The van der Waals surface area contributed by atoms with Crippen molar-refractivity contribution in [3.63, 3.8) is 0 Å². The van der Waals surface area contributed by atoms with Gasteiger partial charge in [0.15, 0.2) is 11.5 Å². The highest BCUT2D eigenvalue weighted by atomic mass is 32.2. The molecular weight excluding hydrogens is 392 g/mol. The number of piperazine rings is 1. The Morgan fingerprint density at radius 2 is 1.72 bits per heavy atom. The van der Waals surface area contributed by atoms with E-state index in [2.05, 4.69) is 4.90 Å². The fourth-order valence-electron chi connectivity index (χ4n) is 3.39. The average molecular weight is 419 g/mol. The fourth-order valence-corrected chi connectivity index (χ4v) is 4.76. The Balaban J connectivity index is 1.69. The Labute approximate surface area is 173 Å². The number of aliphatic carboxylic acids is 1. The first kappa shape index (κ1) is 21.1. The number of anilines is 1. The van der Waals surface area contributed by atoms with Crippen molar-refractivity contribution in [1.29, 1.82) is 0 Å². The number of ether oxygens (including phenoxy) is 2. The Kier molecular flexibility index (Phi) is 6.76. The SMILES string of the molecule is COc1ccc(N2CCN(S(=O)c3cc(CC(=O)O)ccc3C)CC2)cc1OC. The predicted octanol–water partition coefficient (Wildman–Crippen LogP) is 2.48. The van der Waals surface area contributed by atoms with Crippen molar-refractivity contribution in [2.24, 2.45) is 0 Å². The van der Waals surface area contributed by atoms with Crippen LogP contribution in [0.25, 0.3) is 0 Å². The van der Waals surface area contributed by atoms with Crippen molar-refractivity contribution in [3.05, 3.63) is 47.5 Å². The standard InChI is InChI=1S/C21H26N2O5S/c1-15-4-5-16(13-21(24)25)12-20(15)29(26)23-10-8-22(9-11-23)17-6-7-18(27-2)19(14-17)28-3/h4-7,12,14H,8-11,13H2,1-3H3,(H,24,25). The van der Waals surface area contributed by atoms with Gasteiger partial charge in [-0.05, 0) is 36.2 Å². The van der Waals surface area contributed by atoms with Crippen molar-refractivity contribution in [1.82, 2.24) is 4.31 Å². The van der Waals surface area contributed by atoms with Gasteiger partial charge in [-0.3, -0.25) is 4.79 Å². The molecule has 3 rings (SSSR count). The van der Waals surface area contributed by atoms with Gasteiger partial charge < -0.3 is 19.5 Å². The molecule has 156 valence electrons. The smallest absolute Gasteiger partial charge is 0.307 e. The maximum atomic E-state index is 13.1. The molecule has 1 aliphatic heterocycles. The first-order chi connectivity index (χ1) is 13.9. The minimum Gasteiger partial charge on any atom is -0.493 e.